The smallest absolute Gasteiger partial charge is 0.416 e. The lowest BCUT2D eigenvalue weighted by atomic mass is 9.98. The SMILES string of the molecule is CN(Cc1ccco1)C(CN)c1ccccc1C(F)(F)F. The summed E-state index contributed by atoms with van der Waals surface area (Å²) in [5.41, 5.74) is 5.24. The van der Waals surface area contributed by atoms with Crippen LogP contribution in [-0.2, 0) is 12.7 Å². The van der Waals surface area contributed by atoms with Gasteiger partial charge in [0.2, 0.25) is 0 Å². The number of hydrogen-bond donors (Lipinski definition) is 1. The lowest BCUT2D eigenvalue weighted by Crippen LogP contribution is -2.31. The first-order valence-corrected chi connectivity index (χ1v) is 6.52. The molecule has 1 atom stereocenters. The van der Waals surface area contributed by atoms with Gasteiger partial charge in [0.1, 0.15) is 5.76 Å². The Bertz CT molecular complexity index is 567. The molecule has 0 saturated heterocycles. The summed E-state index contributed by atoms with van der Waals surface area (Å²) in [6, 6.07) is 8.51. The Hall–Kier alpha value is -1.79. The van der Waals surface area contributed by atoms with Crippen molar-refractivity contribution in [2.45, 2.75) is 18.8 Å². The summed E-state index contributed by atoms with van der Waals surface area (Å²) in [5, 5.41) is 0. The number of nitrogens with zero attached hydrogens (tertiary/aromatic N) is 1. The van der Waals surface area contributed by atoms with E-state index in [9.17, 15) is 13.2 Å². The van der Waals surface area contributed by atoms with E-state index in [1.807, 2.05) is 0 Å². The fourth-order valence-corrected chi connectivity index (χ4v) is 2.35. The predicted molar refractivity (Wildman–Crippen MR) is 73.4 cm³/mol. The maximum Gasteiger partial charge on any atom is 0.416 e. The lowest BCUT2D eigenvalue weighted by molar-refractivity contribution is -0.138. The van der Waals surface area contributed by atoms with Crippen molar-refractivity contribution >= 4 is 0 Å². The van der Waals surface area contributed by atoms with E-state index in [1.54, 1.807) is 30.1 Å². The zero-order valence-electron chi connectivity index (χ0n) is 11.6. The molecule has 0 aliphatic carbocycles. The highest BCUT2D eigenvalue weighted by Gasteiger charge is 2.35. The normalized spacial score (nSPS) is 13.6. The van der Waals surface area contributed by atoms with E-state index >= 15 is 0 Å². The molecule has 0 bridgehead atoms. The van der Waals surface area contributed by atoms with Gasteiger partial charge in [-0.15, -0.1) is 0 Å². The van der Waals surface area contributed by atoms with Crippen molar-refractivity contribution in [3.63, 3.8) is 0 Å². The van der Waals surface area contributed by atoms with Gasteiger partial charge in [-0.1, -0.05) is 18.2 Å². The monoisotopic (exact) mass is 298 g/mol. The third-order valence-corrected chi connectivity index (χ3v) is 3.37. The first-order chi connectivity index (χ1) is 9.93. The third-order valence-electron chi connectivity index (χ3n) is 3.37. The van der Waals surface area contributed by atoms with Crippen LogP contribution in [0.3, 0.4) is 0 Å². The topological polar surface area (TPSA) is 42.4 Å². The van der Waals surface area contributed by atoms with Crippen molar-refractivity contribution in [3.05, 3.63) is 59.5 Å². The molecule has 0 saturated carbocycles. The average Bonchev–Trinajstić information content (AvgIpc) is 2.92. The minimum Gasteiger partial charge on any atom is -0.468 e. The summed E-state index contributed by atoms with van der Waals surface area (Å²) in [6.45, 7) is 0.478. The molecule has 0 radical (unpaired) electrons. The molecule has 1 unspecified atom stereocenters. The maximum atomic E-state index is 13.1. The standard InChI is InChI=1S/C15H17F3N2O/c1-20(10-11-5-4-8-21-11)14(9-19)12-6-2-3-7-13(12)15(16,17)18/h2-8,14H,9-10,19H2,1H3. The number of hydrogen-bond acceptors (Lipinski definition) is 3. The number of benzene rings is 1. The number of rotatable bonds is 5. The number of likely N-dealkylation sites (N-methyl/N-ethyl adjacent to an activating group) is 1. The largest absolute Gasteiger partial charge is 0.468 e. The predicted octanol–water partition coefficient (Wildman–Crippen LogP) is 3.43. The van der Waals surface area contributed by atoms with Gasteiger partial charge in [0.25, 0.3) is 0 Å². The van der Waals surface area contributed by atoms with Gasteiger partial charge in [-0.2, -0.15) is 13.2 Å². The molecular weight excluding hydrogens is 281 g/mol. The Balaban J connectivity index is 2.29. The second kappa shape index (κ2) is 6.32. The van der Waals surface area contributed by atoms with Crippen molar-refractivity contribution in [3.8, 4) is 0 Å². The number of nitrogens with two attached hydrogens (primary N) is 1. The Labute approximate surface area is 121 Å². The van der Waals surface area contributed by atoms with Crippen molar-refractivity contribution in [2.24, 2.45) is 5.73 Å². The molecular formula is C15H17F3N2O. The van der Waals surface area contributed by atoms with E-state index in [2.05, 4.69) is 0 Å². The van der Waals surface area contributed by atoms with Crippen LogP contribution in [0.5, 0.6) is 0 Å². The molecule has 114 valence electrons. The lowest BCUT2D eigenvalue weighted by Gasteiger charge is -2.28. The molecule has 1 aromatic heterocycles. The highest BCUT2D eigenvalue weighted by molar-refractivity contribution is 5.32. The van der Waals surface area contributed by atoms with Crippen LogP contribution in [0, 0.1) is 0 Å². The zero-order valence-corrected chi connectivity index (χ0v) is 11.6. The molecule has 0 fully saturated rings. The van der Waals surface area contributed by atoms with Gasteiger partial charge in [0.15, 0.2) is 0 Å². The fourth-order valence-electron chi connectivity index (χ4n) is 2.35. The molecule has 6 heteroatoms. The highest BCUT2D eigenvalue weighted by atomic mass is 19.4. The minimum atomic E-state index is -4.39. The van der Waals surface area contributed by atoms with Gasteiger partial charge < -0.3 is 10.2 Å². The van der Waals surface area contributed by atoms with Crippen LogP contribution in [0.4, 0.5) is 13.2 Å². The highest BCUT2D eigenvalue weighted by Crippen LogP contribution is 2.35. The second-order valence-electron chi connectivity index (χ2n) is 4.83. The van der Waals surface area contributed by atoms with Crippen LogP contribution >= 0.6 is 0 Å². The first kappa shape index (κ1) is 15.6. The molecule has 0 amide bonds. The van der Waals surface area contributed by atoms with Gasteiger partial charge in [0.05, 0.1) is 18.4 Å². The summed E-state index contributed by atoms with van der Waals surface area (Å²) in [4.78, 5) is 1.75. The number of furan rings is 1. The Morgan fingerprint density at radius 1 is 1.19 bits per heavy atom. The number of alkyl halides is 3. The summed E-state index contributed by atoms with van der Waals surface area (Å²) in [5.74, 6) is 0.681. The Morgan fingerprint density at radius 2 is 1.90 bits per heavy atom. The number of halogens is 3. The Kier molecular flexibility index (Phi) is 4.69. The second-order valence-corrected chi connectivity index (χ2v) is 4.83. The van der Waals surface area contributed by atoms with Gasteiger partial charge in [-0.25, -0.2) is 0 Å². The van der Waals surface area contributed by atoms with E-state index < -0.39 is 17.8 Å². The van der Waals surface area contributed by atoms with E-state index in [4.69, 9.17) is 10.2 Å². The summed E-state index contributed by atoms with van der Waals surface area (Å²) in [7, 11) is 1.73. The van der Waals surface area contributed by atoms with E-state index in [0.29, 0.717) is 12.3 Å². The molecule has 0 spiro atoms. The van der Waals surface area contributed by atoms with Crippen molar-refractivity contribution in [1.29, 1.82) is 0 Å². The first-order valence-electron chi connectivity index (χ1n) is 6.52. The minimum absolute atomic E-state index is 0.0876. The van der Waals surface area contributed by atoms with Crippen LogP contribution in [0.25, 0.3) is 0 Å². The molecule has 1 heterocycles. The molecule has 1 aromatic carbocycles. The summed E-state index contributed by atoms with van der Waals surface area (Å²) < 4.78 is 44.6. The van der Waals surface area contributed by atoms with Crippen LogP contribution in [0.15, 0.2) is 47.1 Å². The molecule has 21 heavy (non-hydrogen) atoms. The molecule has 0 aliphatic heterocycles. The van der Waals surface area contributed by atoms with Crippen LogP contribution in [0.1, 0.15) is 22.9 Å². The van der Waals surface area contributed by atoms with Crippen LogP contribution in [0.2, 0.25) is 0 Å². The molecule has 0 aliphatic rings. The zero-order chi connectivity index (χ0) is 15.5. The van der Waals surface area contributed by atoms with Crippen molar-refractivity contribution in [1.82, 2.24) is 4.90 Å². The summed E-state index contributed by atoms with van der Waals surface area (Å²) in [6.07, 6.45) is -2.86. The van der Waals surface area contributed by atoms with Gasteiger partial charge in [0, 0.05) is 12.6 Å². The van der Waals surface area contributed by atoms with Crippen molar-refractivity contribution < 1.29 is 17.6 Å². The molecule has 2 rings (SSSR count). The third kappa shape index (κ3) is 3.65. The van der Waals surface area contributed by atoms with Gasteiger partial charge in [-0.05, 0) is 30.8 Å². The van der Waals surface area contributed by atoms with Gasteiger partial charge in [-0.3, -0.25) is 4.90 Å². The Morgan fingerprint density at radius 3 is 2.48 bits per heavy atom. The van der Waals surface area contributed by atoms with E-state index in [1.165, 1.54) is 18.4 Å². The van der Waals surface area contributed by atoms with Gasteiger partial charge >= 0.3 is 6.18 Å². The quantitative estimate of drug-likeness (QED) is 0.919. The molecule has 3 nitrogen and oxygen atoms in total. The maximum absolute atomic E-state index is 13.1. The molecule has 2 aromatic rings. The average molecular weight is 298 g/mol. The van der Waals surface area contributed by atoms with Crippen LogP contribution in [-0.4, -0.2) is 18.5 Å². The summed E-state index contributed by atoms with van der Waals surface area (Å²) >= 11 is 0. The van der Waals surface area contributed by atoms with Crippen LogP contribution < -0.4 is 5.73 Å². The fraction of sp³-hybridized carbons (Fsp3) is 0.333. The van der Waals surface area contributed by atoms with E-state index in [0.717, 1.165) is 6.07 Å². The van der Waals surface area contributed by atoms with E-state index in [-0.39, 0.29) is 12.1 Å². The van der Waals surface area contributed by atoms with Crippen molar-refractivity contribution in [2.75, 3.05) is 13.6 Å². The molecule has 2 N–H and O–H groups in total.